The fraction of sp³-hybridized carbons (Fsp3) is 0.333. The first-order valence-corrected chi connectivity index (χ1v) is 9.34. The number of hydrogen-bond acceptors (Lipinski definition) is 4. The average Bonchev–Trinajstić information content (AvgIpc) is 2.89. The van der Waals surface area contributed by atoms with Crippen molar-refractivity contribution in [2.75, 3.05) is 17.9 Å². The van der Waals surface area contributed by atoms with Crippen LogP contribution < -0.4 is 4.72 Å². The van der Waals surface area contributed by atoms with Crippen LogP contribution in [0.25, 0.3) is 0 Å². The summed E-state index contributed by atoms with van der Waals surface area (Å²) in [5.74, 6) is 0. The molecule has 0 aliphatic heterocycles. The molecule has 0 fully saturated rings. The van der Waals surface area contributed by atoms with Crippen molar-refractivity contribution in [1.29, 1.82) is 0 Å². The van der Waals surface area contributed by atoms with E-state index in [1.54, 1.807) is 36.6 Å². The molecule has 0 atom stereocenters. The summed E-state index contributed by atoms with van der Waals surface area (Å²) in [6.07, 6.45) is -4.18. The summed E-state index contributed by atoms with van der Waals surface area (Å²) in [5, 5.41) is 1.68. The van der Waals surface area contributed by atoms with E-state index in [9.17, 15) is 21.6 Å². The number of thiophene rings is 1. The summed E-state index contributed by atoms with van der Waals surface area (Å²) in [7, 11) is -3.75. The Hall–Kier alpha value is -1.58. The molecule has 0 saturated carbocycles. The van der Waals surface area contributed by atoms with Crippen LogP contribution in [0.2, 0.25) is 0 Å². The molecule has 24 heavy (non-hydrogen) atoms. The number of benzene rings is 1. The van der Waals surface area contributed by atoms with Crippen molar-refractivity contribution in [1.82, 2.24) is 0 Å². The van der Waals surface area contributed by atoms with Crippen molar-refractivity contribution in [3.05, 3.63) is 46.2 Å². The van der Waals surface area contributed by atoms with Crippen LogP contribution >= 0.6 is 11.3 Å². The van der Waals surface area contributed by atoms with Gasteiger partial charge in [-0.1, -0.05) is 18.2 Å². The number of halogens is 3. The number of sulfonamides is 1. The predicted octanol–water partition coefficient (Wildman–Crippen LogP) is 3.98. The lowest BCUT2D eigenvalue weighted by Crippen LogP contribution is -2.18. The number of rotatable bonds is 7. The second-order valence-electron chi connectivity index (χ2n) is 5.05. The minimum Gasteiger partial charge on any atom is -0.372 e. The van der Waals surface area contributed by atoms with Crippen molar-refractivity contribution in [3.63, 3.8) is 0 Å². The summed E-state index contributed by atoms with van der Waals surface area (Å²) >= 11 is 1.26. The highest BCUT2D eigenvalue weighted by molar-refractivity contribution is 7.92. The van der Waals surface area contributed by atoms with Crippen molar-refractivity contribution in [2.45, 2.75) is 24.4 Å². The molecule has 132 valence electrons. The largest absolute Gasteiger partial charge is 0.411 e. The highest BCUT2D eigenvalue weighted by Gasteiger charge is 2.27. The number of nitrogens with one attached hydrogen (secondary N) is 1. The van der Waals surface area contributed by atoms with Crippen molar-refractivity contribution >= 4 is 27.0 Å². The van der Waals surface area contributed by atoms with E-state index in [-0.39, 0.29) is 17.9 Å². The summed E-state index contributed by atoms with van der Waals surface area (Å²) in [4.78, 5) is 0.782. The quantitative estimate of drug-likeness (QED) is 0.741. The van der Waals surface area contributed by atoms with Crippen LogP contribution in [0.15, 0.2) is 40.6 Å². The maximum atomic E-state index is 12.4. The molecular formula is C15H16F3NO3S2. The summed E-state index contributed by atoms with van der Waals surface area (Å²) in [6, 6.07) is 8.13. The van der Waals surface area contributed by atoms with Gasteiger partial charge >= 0.3 is 6.18 Å². The van der Waals surface area contributed by atoms with E-state index in [0.29, 0.717) is 16.1 Å². The molecule has 1 N–H and O–H groups in total. The van der Waals surface area contributed by atoms with Gasteiger partial charge < -0.3 is 4.74 Å². The standard InChI is InChI=1S/C15H16F3NO3S2/c1-11-4-2-3-5-14(11)24(20,21)19-12-7-9-23-13(12)6-8-22-10-15(16,17)18/h2-5,7,9,19H,6,8,10H2,1H3. The lowest BCUT2D eigenvalue weighted by Gasteiger charge is -2.11. The Morgan fingerprint density at radius 1 is 1.21 bits per heavy atom. The van der Waals surface area contributed by atoms with Gasteiger partial charge in [-0.3, -0.25) is 4.72 Å². The SMILES string of the molecule is Cc1ccccc1S(=O)(=O)Nc1ccsc1CCOCC(F)(F)F. The third-order valence-electron chi connectivity index (χ3n) is 3.11. The number of ether oxygens (including phenoxy) is 1. The summed E-state index contributed by atoms with van der Waals surface area (Å²) in [6.45, 7) is 0.232. The summed E-state index contributed by atoms with van der Waals surface area (Å²) in [5.41, 5.74) is 0.967. The molecule has 0 saturated heterocycles. The van der Waals surface area contributed by atoms with Gasteiger partial charge in [0.2, 0.25) is 0 Å². The van der Waals surface area contributed by atoms with Crippen LogP contribution in [0.5, 0.6) is 0 Å². The van der Waals surface area contributed by atoms with Gasteiger partial charge in [0, 0.05) is 11.3 Å². The predicted molar refractivity (Wildman–Crippen MR) is 86.9 cm³/mol. The first-order chi connectivity index (χ1) is 11.2. The molecule has 2 aromatic rings. The minimum absolute atomic E-state index is 0.140. The average molecular weight is 379 g/mol. The lowest BCUT2D eigenvalue weighted by molar-refractivity contribution is -0.173. The van der Waals surface area contributed by atoms with E-state index < -0.39 is 22.8 Å². The molecule has 0 spiro atoms. The topological polar surface area (TPSA) is 55.4 Å². The molecule has 1 aromatic carbocycles. The molecule has 4 nitrogen and oxygen atoms in total. The number of alkyl halides is 3. The number of aryl methyl sites for hydroxylation is 1. The lowest BCUT2D eigenvalue weighted by atomic mass is 10.2. The molecule has 0 bridgehead atoms. The van der Waals surface area contributed by atoms with Crippen molar-refractivity contribution < 1.29 is 26.3 Å². The number of anilines is 1. The van der Waals surface area contributed by atoms with Crippen molar-refractivity contribution in [3.8, 4) is 0 Å². The summed E-state index contributed by atoms with van der Waals surface area (Å²) < 4.78 is 68.0. The Balaban J connectivity index is 2.04. The van der Waals surface area contributed by atoms with E-state index in [0.717, 1.165) is 0 Å². The molecule has 0 unspecified atom stereocenters. The zero-order valence-corrected chi connectivity index (χ0v) is 14.4. The second-order valence-corrected chi connectivity index (χ2v) is 7.70. The van der Waals surface area contributed by atoms with Gasteiger partial charge in [0.25, 0.3) is 10.0 Å². The van der Waals surface area contributed by atoms with Gasteiger partial charge in [0.1, 0.15) is 6.61 Å². The van der Waals surface area contributed by atoms with Gasteiger partial charge in [-0.2, -0.15) is 13.2 Å². The molecule has 0 aliphatic carbocycles. The van der Waals surface area contributed by atoms with E-state index in [2.05, 4.69) is 9.46 Å². The Morgan fingerprint density at radius 2 is 1.92 bits per heavy atom. The second kappa shape index (κ2) is 7.54. The minimum atomic E-state index is -4.37. The Bertz CT molecular complexity index is 785. The van der Waals surface area contributed by atoms with Gasteiger partial charge in [-0.15, -0.1) is 11.3 Å². The monoisotopic (exact) mass is 379 g/mol. The highest BCUT2D eigenvalue weighted by atomic mass is 32.2. The van der Waals surface area contributed by atoms with Gasteiger partial charge in [-0.05, 0) is 30.0 Å². The van der Waals surface area contributed by atoms with E-state index in [1.807, 2.05) is 0 Å². The molecule has 1 heterocycles. The maximum Gasteiger partial charge on any atom is 0.411 e. The third kappa shape index (κ3) is 5.22. The molecular weight excluding hydrogens is 363 g/mol. The maximum absolute atomic E-state index is 12.4. The van der Waals surface area contributed by atoms with Crippen LogP contribution in [0.1, 0.15) is 10.4 Å². The molecule has 2 rings (SSSR count). The molecule has 9 heteroatoms. The van der Waals surface area contributed by atoms with Crippen LogP contribution in [0.4, 0.5) is 18.9 Å². The molecule has 0 radical (unpaired) electrons. The number of hydrogen-bond donors (Lipinski definition) is 1. The smallest absolute Gasteiger partial charge is 0.372 e. The first kappa shape index (κ1) is 18.8. The van der Waals surface area contributed by atoms with Crippen LogP contribution in [0.3, 0.4) is 0 Å². The van der Waals surface area contributed by atoms with E-state index in [4.69, 9.17) is 0 Å². The Labute approximate surface area is 142 Å². The van der Waals surface area contributed by atoms with Crippen LogP contribution in [-0.4, -0.2) is 27.8 Å². The van der Waals surface area contributed by atoms with Crippen molar-refractivity contribution in [2.24, 2.45) is 0 Å². The van der Waals surface area contributed by atoms with E-state index in [1.165, 1.54) is 17.4 Å². The van der Waals surface area contributed by atoms with Crippen LogP contribution in [0, 0.1) is 6.92 Å². The zero-order valence-electron chi connectivity index (χ0n) is 12.8. The molecule has 0 aliphatic rings. The Morgan fingerprint density at radius 3 is 2.58 bits per heavy atom. The fourth-order valence-electron chi connectivity index (χ4n) is 2.04. The van der Waals surface area contributed by atoms with E-state index >= 15 is 0 Å². The fourth-order valence-corrected chi connectivity index (χ4v) is 4.26. The molecule has 0 amide bonds. The highest BCUT2D eigenvalue weighted by Crippen LogP contribution is 2.27. The first-order valence-electron chi connectivity index (χ1n) is 6.98. The molecule has 1 aromatic heterocycles. The van der Waals surface area contributed by atoms with Gasteiger partial charge in [0.05, 0.1) is 17.2 Å². The normalized spacial score (nSPS) is 12.3. The van der Waals surface area contributed by atoms with Gasteiger partial charge in [-0.25, -0.2) is 8.42 Å². The van der Waals surface area contributed by atoms with Crippen LogP contribution in [-0.2, 0) is 21.2 Å². The zero-order chi connectivity index (χ0) is 17.8. The van der Waals surface area contributed by atoms with Gasteiger partial charge in [0.15, 0.2) is 0 Å². The Kier molecular flexibility index (Phi) is 5.89. The third-order valence-corrected chi connectivity index (χ3v) is 5.62.